The fourth-order valence-electron chi connectivity index (χ4n) is 2.30. The summed E-state index contributed by atoms with van der Waals surface area (Å²) >= 11 is 5.91. The van der Waals surface area contributed by atoms with Crippen molar-refractivity contribution in [3.8, 4) is 5.75 Å². The Balaban J connectivity index is 1.75. The Morgan fingerprint density at radius 2 is 1.56 bits per heavy atom. The molecule has 0 saturated heterocycles. The quantitative estimate of drug-likeness (QED) is 0.627. The maximum Gasteiger partial charge on any atom is 0.229 e. The third kappa shape index (κ3) is 4.84. The van der Waals surface area contributed by atoms with Crippen LogP contribution in [0.4, 0.5) is 23.1 Å². The van der Waals surface area contributed by atoms with Crippen molar-refractivity contribution >= 4 is 34.7 Å². The lowest BCUT2D eigenvalue weighted by molar-refractivity contribution is 0.340. The average molecular weight is 355 g/mol. The summed E-state index contributed by atoms with van der Waals surface area (Å²) < 4.78 is 5.45. The van der Waals surface area contributed by atoms with Gasteiger partial charge in [-0.2, -0.15) is 4.98 Å². The van der Waals surface area contributed by atoms with Gasteiger partial charge in [0.05, 0.1) is 6.61 Å². The second kappa shape index (κ2) is 7.85. The van der Waals surface area contributed by atoms with Crippen molar-refractivity contribution in [1.29, 1.82) is 0 Å². The van der Waals surface area contributed by atoms with E-state index >= 15 is 0 Å². The normalized spacial score (nSPS) is 10.4. The molecule has 0 fully saturated rings. The lowest BCUT2D eigenvalue weighted by Crippen LogP contribution is -2.02. The summed E-state index contributed by atoms with van der Waals surface area (Å²) in [6.07, 6.45) is 0. The second-order valence-electron chi connectivity index (χ2n) is 5.43. The molecule has 6 heteroatoms. The molecule has 0 atom stereocenters. The molecule has 3 rings (SSSR count). The number of anilines is 4. The van der Waals surface area contributed by atoms with Crippen LogP contribution in [0.2, 0.25) is 5.02 Å². The van der Waals surface area contributed by atoms with Crippen LogP contribution in [0.3, 0.4) is 0 Å². The van der Waals surface area contributed by atoms with Crippen LogP contribution in [0.25, 0.3) is 0 Å². The van der Waals surface area contributed by atoms with Gasteiger partial charge in [-0.1, -0.05) is 11.6 Å². The summed E-state index contributed by atoms with van der Waals surface area (Å²) in [5.41, 5.74) is 2.67. The van der Waals surface area contributed by atoms with Crippen molar-refractivity contribution in [2.45, 2.75) is 13.8 Å². The van der Waals surface area contributed by atoms with Gasteiger partial charge in [-0.25, -0.2) is 4.98 Å². The molecule has 1 heterocycles. The molecule has 1 aromatic heterocycles. The highest BCUT2D eigenvalue weighted by Crippen LogP contribution is 2.22. The third-order valence-corrected chi connectivity index (χ3v) is 3.64. The lowest BCUT2D eigenvalue weighted by atomic mass is 10.3. The van der Waals surface area contributed by atoms with E-state index in [4.69, 9.17) is 16.3 Å². The third-order valence-electron chi connectivity index (χ3n) is 3.39. The first-order valence-corrected chi connectivity index (χ1v) is 8.38. The molecular formula is C19H19ClN4O. The number of rotatable bonds is 6. The standard InChI is InChI=1S/C19H19ClN4O/c1-3-25-17-10-8-15(9-11-17)22-18-12-13(2)21-19(24-18)23-16-6-4-14(20)5-7-16/h4-12H,3H2,1-2H3,(H2,21,22,23,24). The van der Waals surface area contributed by atoms with Gasteiger partial charge in [0.25, 0.3) is 0 Å². The maximum atomic E-state index is 5.91. The topological polar surface area (TPSA) is 59.1 Å². The Morgan fingerprint density at radius 3 is 2.24 bits per heavy atom. The summed E-state index contributed by atoms with van der Waals surface area (Å²) in [6, 6.07) is 17.0. The molecule has 25 heavy (non-hydrogen) atoms. The van der Waals surface area contributed by atoms with E-state index in [9.17, 15) is 0 Å². The summed E-state index contributed by atoms with van der Waals surface area (Å²) in [7, 11) is 0. The molecule has 0 saturated carbocycles. The molecule has 0 bridgehead atoms. The van der Waals surface area contributed by atoms with Crippen molar-refractivity contribution in [3.63, 3.8) is 0 Å². The number of nitrogens with zero attached hydrogens (tertiary/aromatic N) is 2. The fourth-order valence-corrected chi connectivity index (χ4v) is 2.43. The number of hydrogen-bond donors (Lipinski definition) is 2. The molecule has 5 nitrogen and oxygen atoms in total. The number of aromatic nitrogens is 2. The van der Waals surface area contributed by atoms with Crippen molar-refractivity contribution in [2.24, 2.45) is 0 Å². The largest absolute Gasteiger partial charge is 0.494 e. The van der Waals surface area contributed by atoms with Gasteiger partial charge in [-0.05, 0) is 62.4 Å². The molecule has 0 aliphatic carbocycles. The Bertz CT molecular complexity index is 835. The van der Waals surface area contributed by atoms with Gasteiger partial charge in [-0.3, -0.25) is 0 Å². The first-order valence-electron chi connectivity index (χ1n) is 8.00. The molecule has 0 aliphatic rings. The fraction of sp³-hybridized carbons (Fsp3) is 0.158. The van der Waals surface area contributed by atoms with Gasteiger partial charge in [0, 0.05) is 28.2 Å². The lowest BCUT2D eigenvalue weighted by Gasteiger charge is -2.11. The number of ether oxygens (including phenoxy) is 1. The molecule has 0 radical (unpaired) electrons. The van der Waals surface area contributed by atoms with Gasteiger partial charge in [0.1, 0.15) is 11.6 Å². The summed E-state index contributed by atoms with van der Waals surface area (Å²) in [5, 5.41) is 7.15. The molecule has 0 amide bonds. The Kier molecular flexibility index (Phi) is 5.36. The molecule has 0 aliphatic heterocycles. The Hall–Kier alpha value is -2.79. The maximum absolute atomic E-state index is 5.91. The van der Waals surface area contributed by atoms with E-state index in [-0.39, 0.29) is 0 Å². The zero-order valence-electron chi connectivity index (χ0n) is 14.1. The summed E-state index contributed by atoms with van der Waals surface area (Å²) in [4.78, 5) is 8.92. The van der Waals surface area contributed by atoms with Gasteiger partial charge < -0.3 is 15.4 Å². The van der Waals surface area contributed by atoms with Crippen LogP contribution in [0.15, 0.2) is 54.6 Å². The van der Waals surface area contributed by atoms with E-state index in [0.29, 0.717) is 23.4 Å². The van der Waals surface area contributed by atoms with E-state index in [0.717, 1.165) is 22.8 Å². The van der Waals surface area contributed by atoms with Gasteiger partial charge in [0.15, 0.2) is 0 Å². The van der Waals surface area contributed by atoms with Crippen molar-refractivity contribution < 1.29 is 4.74 Å². The van der Waals surface area contributed by atoms with Crippen LogP contribution < -0.4 is 15.4 Å². The Labute approximate surface area is 152 Å². The first kappa shape index (κ1) is 17.0. The first-order chi connectivity index (χ1) is 12.1. The van der Waals surface area contributed by atoms with Crippen LogP contribution in [0.1, 0.15) is 12.6 Å². The molecule has 0 spiro atoms. The van der Waals surface area contributed by atoms with Crippen molar-refractivity contribution in [3.05, 3.63) is 65.3 Å². The van der Waals surface area contributed by atoms with E-state index < -0.39 is 0 Å². The zero-order valence-corrected chi connectivity index (χ0v) is 14.8. The number of halogens is 1. The molecule has 2 aromatic carbocycles. The predicted octanol–water partition coefficient (Wildman–Crippen LogP) is 5.32. The minimum atomic E-state index is 0.524. The minimum absolute atomic E-state index is 0.524. The van der Waals surface area contributed by atoms with E-state index in [2.05, 4.69) is 20.6 Å². The summed E-state index contributed by atoms with van der Waals surface area (Å²) in [5.74, 6) is 2.08. The molecular weight excluding hydrogens is 336 g/mol. The SMILES string of the molecule is CCOc1ccc(Nc2cc(C)nc(Nc3ccc(Cl)cc3)n2)cc1. The smallest absolute Gasteiger partial charge is 0.229 e. The van der Waals surface area contributed by atoms with Crippen LogP contribution in [0, 0.1) is 6.92 Å². The molecule has 2 N–H and O–H groups in total. The number of nitrogens with one attached hydrogen (secondary N) is 2. The van der Waals surface area contributed by atoms with E-state index in [1.54, 1.807) is 0 Å². The molecule has 3 aromatic rings. The van der Waals surface area contributed by atoms with Crippen molar-refractivity contribution in [1.82, 2.24) is 9.97 Å². The highest BCUT2D eigenvalue weighted by atomic mass is 35.5. The van der Waals surface area contributed by atoms with Crippen LogP contribution in [0.5, 0.6) is 5.75 Å². The monoisotopic (exact) mass is 354 g/mol. The molecule has 128 valence electrons. The van der Waals surface area contributed by atoms with Crippen LogP contribution >= 0.6 is 11.6 Å². The summed E-state index contributed by atoms with van der Waals surface area (Å²) in [6.45, 7) is 4.54. The van der Waals surface area contributed by atoms with E-state index in [1.807, 2.05) is 68.4 Å². The van der Waals surface area contributed by atoms with Crippen LogP contribution in [-0.2, 0) is 0 Å². The average Bonchev–Trinajstić information content (AvgIpc) is 2.58. The van der Waals surface area contributed by atoms with E-state index in [1.165, 1.54) is 0 Å². The van der Waals surface area contributed by atoms with Crippen LogP contribution in [-0.4, -0.2) is 16.6 Å². The number of aryl methyl sites for hydroxylation is 1. The van der Waals surface area contributed by atoms with Gasteiger partial charge >= 0.3 is 0 Å². The van der Waals surface area contributed by atoms with Gasteiger partial charge in [0.2, 0.25) is 5.95 Å². The number of hydrogen-bond acceptors (Lipinski definition) is 5. The second-order valence-corrected chi connectivity index (χ2v) is 5.87. The highest BCUT2D eigenvalue weighted by Gasteiger charge is 2.04. The van der Waals surface area contributed by atoms with Gasteiger partial charge in [-0.15, -0.1) is 0 Å². The predicted molar refractivity (Wildman–Crippen MR) is 102 cm³/mol. The van der Waals surface area contributed by atoms with Crippen molar-refractivity contribution in [2.75, 3.05) is 17.2 Å². The number of benzene rings is 2. The minimum Gasteiger partial charge on any atom is -0.494 e. The highest BCUT2D eigenvalue weighted by molar-refractivity contribution is 6.30. The zero-order chi connectivity index (χ0) is 17.6. The Morgan fingerprint density at radius 1 is 0.920 bits per heavy atom. The molecule has 0 unspecified atom stereocenters.